The van der Waals surface area contributed by atoms with Gasteiger partial charge in [-0.25, -0.2) is 0 Å². The van der Waals surface area contributed by atoms with Gasteiger partial charge >= 0.3 is 5.97 Å². The van der Waals surface area contributed by atoms with E-state index in [9.17, 15) is 9.00 Å². The fourth-order valence-corrected chi connectivity index (χ4v) is 4.85. The molecular formula is C23H39NO5S2. The van der Waals surface area contributed by atoms with Crippen molar-refractivity contribution in [2.45, 2.75) is 76.5 Å². The van der Waals surface area contributed by atoms with E-state index < -0.39 is 22.8 Å². The molecule has 0 radical (unpaired) electrons. The lowest BCUT2D eigenvalue weighted by molar-refractivity contribution is -0.138. The van der Waals surface area contributed by atoms with Crippen molar-refractivity contribution in [3.63, 3.8) is 0 Å². The molecule has 0 aromatic heterocycles. The third kappa shape index (κ3) is 11.8. The number of nitrogens with two attached hydrogens (primary N) is 1. The van der Waals surface area contributed by atoms with E-state index in [0.29, 0.717) is 13.2 Å². The number of aliphatic carboxylic acids is 1. The van der Waals surface area contributed by atoms with Gasteiger partial charge in [0.25, 0.3) is 0 Å². The number of thioether (sulfide) groups is 1. The SMILES string of the molecule is CCCCCCCCS(=O)C(C)Cc1ccc2c(c1)OCO2.CSCC[C@H](N)C(=O)O. The van der Waals surface area contributed by atoms with Gasteiger partial charge in [-0.3, -0.25) is 9.00 Å². The van der Waals surface area contributed by atoms with Gasteiger partial charge in [-0.05, 0) is 49.0 Å². The molecule has 6 nitrogen and oxygen atoms in total. The molecule has 0 bridgehead atoms. The van der Waals surface area contributed by atoms with Gasteiger partial charge < -0.3 is 20.3 Å². The van der Waals surface area contributed by atoms with E-state index in [-0.39, 0.29) is 5.25 Å². The Kier molecular flexibility index (Phi) is 14.7. The Morgan fingerprint density at radius 3 is 2.55 bits per heavy atom. The molecule has 31 heavy (non-hydrogen) atoms. The van der Waals surface area contributed by atoms with Crippen LogP contribution in [0.25, 0.3) is 0 Å². The lowest BCUT2D eigenvalue weighted by Gasteiger charge is -2.12. The minimum Gasteiger partial charge on any atom is -0.480 e. The minimum atomic E-state index is -0.913. The topological polar surface area (TPSA) is 98.9 Å². The van der Waals surface area contributed by atoms with Crippen LogP contribution in [-0.2, 0) is 22.0 Å². The number of carboxylic acid groups (broad SMARTS) is 1. The van der Waals surface area contributed by atoms with E-state index in [0.717, 1.165) is 35.8 Å². The maximum Gasteiger partial charge on any atom is 0.320 e. The van der Waals surface area contributed by atoms with Crippen LogP contribution in [0.2, 0.25) is 0 Å². The smallest absolute Gasteiger partial charge is 0.320 e. The Labute approximate surface area is 194 Å². The summed E-state index contributed by atoms with van der Waals surface area (Å²) in [5.41, 5.74) is 6.36. The first-order chi connectivity index (χ1) is 14.9. The molecular weight excluding hydrogens is 434 g/mol. The molecule has 0 saturated carbocycles. The molecule has 0 fully saturated rings. The second kappa shape index (κ2) is 16.4. The number of carbonyl (C=O) groups is 1. The van der Waals surface area contributed by atoms with E-state index in [1.165, 1.54) is 37.7 Å². The van der Waals surface area contributed by atoms with Crippen molar-refractivity contribution in [3.8, 4) is 11.5 Å². The summed E-state index contributed by atoms with van der Waals surface area (Å²) in [4.78, 5) is 10.1. The standard InChI is InChI=1S/C18H28O3S.C5H11NO2S/c1-3-4-5-6-7-8-11-22(19)15(2)12-16-9-10-17-18(13-16)21-14-20-17;1-9-3-2-4(6)5(7)8/h9-10,13,15H,3-8,11-12,14H2,1-2H3;4H,2-3,6H2,1H3,(H,7,8)/t;4-/m.0/s1. The predicted molar refractivity (Wildman–Crippen MR) is 131 cm³/mol. The molecule has 0 saturated heterocycles. The molecule has 2 unspecified atom stereocenters. The number of unbranched alkanes of at least 4 members (excludes halogenated alkanes) is 5. The van der Waals surface area contributed by atoms with Crippen molar-refractivity contribution in [2.24, 2.45) is 5.73 Å². The van der Waals surface area contributed by atoms with Gasteiger partial charge in [-0.15, -0.1) is 0 Å². The van der Waals surface area contributed by atoms with Gasteiger partial charge in [0.2, 0.25) is 6.79 Å². The highest BCUT2D eigenvalue weighted by molar-refractivity contribution is 7.98. The van der Waals surface area contributed by atoms with E-state index in [1.54, 1.807) is 11.8 Å². The molecule has 0 aliphatic carbocycles. The molecule has 178 valence electrons. The van der Waals surface area contributed by atoms with Gasteiger partial charge in [0.1, 0.15) is 6.04 Å². The summed E-state index contributed by atoms with van der Waals surface area (Å²) in [7, 11) is -0.743. The second-order valence-corrected chi connectivity index (χ2v) is 10.7. The predicted octanol–water partition coefficient (Wildman–Crippen LogP) is 4.61. The van der Waals surface area contributed by atoms with Crippen LogP contribution >= 0.6 is 11.8 Å². The number of hydrogen-bond donors (Lipinski definition) is 2. The molecule has 1 aliphatic heterocycles. The molecule has 1 aliphatic rings. The molecule has 8 heteroatoms. The van der Waals surface area contributed by atoms with Crippen molar-refractivity contribution in [1.82, 2.24) is 0 Å². The lowest BCUT2D eigenvalue weighted by Crippen LogP contribution is -2.30. The molecule has 0 amide bonds. The van der Waals surface area contributed by atoms with Gasteiger partial charge in [0.05, 0.1) is 0 Å². The molecule has 2 rings (SSSR count). The zero-order chi connectivity index (χ0) is 23.1. The molecule has 3 N–H and O–H groups in total. The highest BCUT2D eigenvalue weighted by Gasteiger charge is 2.16. The third-order valence-corrected chi connectivity index (χ3v) is 7.46. The number of benzene rings is 1. The zero-order valence-corrected chi connectivity index (χ0v) is 20.8. The van der Waals surface area contributed by atoms with Crippen molar-refractivity contribution in [1.29, 1.82) is 0 Å². The lowest BCUT2D eigenvalue weighted by atomic mass is 10.1. The Balaban J connectivity index is 0.000000452. The maximum absolute atomic E-state index is 12.3. The first-order valence-electron chi connectivity index (χ1n) is 11.1. The average Bonchev–Trinajstić information content (AvgIpc) is 3.22. The van der Waals surface area contributed by atoms with E-state index in [4.69, 9.17) is 20.3 Å². The Morgan fingerprint density at radius 2 is 1.87 bits per heavy atom. The molecule has 1 aromatic rings. The van der Waals surface area contributed by atoms with E-state index in [2.05, 4.69) is 13.8 Å². The Hall–Kier alpha value is -1.25. The van der Waals surface area contributed by atoms with E-state index >= 15 is 0 Å². The molecule has 1 aromatic carbocycles. The zero-order valence-electron chi connectivity index (χ0n) is 19.1. The number of ether oxygens (including phenoxy) is 2. The van der Waals surface area contributed by atoms with Crippen LogP contribution in [0.1, 0.15) is 64.4 Å². The molecule has 3 atom stereocenters. The van der Waals surface area contributed by atoms with Crippen LogP contribution in [0, 0.1) is 0 Å². The van der Waals surface area contributed by atoms with Gasteiger partial charge in [0.15, 0.2) is 11.5 Å². The summed E-state index contributed by atoms with van der Waals surface area (Å²) in [5.74, 6) is 2.35. The Morgan fingerprint density at radius 1 is 1.19 bits per heavy atom. The first kappa shape index (κ1) is 27.8. The average molecular weight is 474 g/mol. The largest absolute Gasteiger partial charge is 0.480 e. The summed E-state index contributed by atoms with van der Waals surface area (Å²) >= 11 is 1.60. The van der Waals surface area contributed by atoms with Crippen LogP contribution in [0.4, 0.5) is 0 Å². The highest BCUT2D eigenvalue weighted by Crippen LogP contribution is 2.33. The quantitative estimate of drug-likeness (QED) is 0.381. The summed E-state index contributed by atoms with van der Waals surface area (Å²) in [6.07, 6.45) is 10.8. The van der Waals surface area contributed by atoms with Crippen LogP contribution in [-0.4, -0.2) is 51.1 Å². The number of carboxylic acids is 1. The fraction of sp³-hybridized carbons (Fsp3) is 0.696. The summed E-state index contributed by atoms with van der Waals surface area (Å²) in [5, 5.41) is 8.47. The number of rotatable bonds is 14. The van der Waals surface area contributed by atoms with Crippen LogP contribution in [0.5, 0.6) is 11.5 Å². The normalized spacial score (nSPS) is 15.0. The minimum absolute atomic E-state index is 0.191. The van der Waals surface area contributed by atoms with Crippen molar-refractivity contribution < 1.29 is 23.6 Å². The van der Waals surface area contributed by atoms with Gasteiger partial charge in [-0.2, -0.15) is 11.8 Å². The van der Waals surface area contributed by atoms with Gasteiger partial charge in [-0.1, -0.05) is 52.0 Å². The van der Waals surface area contributed by atoms with Crippen molar-refractivity contribution in [2.75, 3.05) is 24.6 Å². The summed E-state index contributed by atoms with van der Waals surface area (Å²) in [6, 6.07) is 5.32. The van der Waals surface area contributed by atoms with E-state index in [1.807, 2.05) is 24.5 Å². The Bertz CT molecular complexity index is 671. The number of hydrogen-bond acceptors (Lipinski definition) is 6. The van der Waals surface area contributed by atoms with Crippen molar-refractivity contribution >= 4 is 28.5 Å². The van der Waals surface area contributed by atoms with Crippen LogP contribution in [0.3, 0.4) is 0 Å². The van der Waals surface area contributed by atoms with Gasteiger partial charge in [0, 0.05) is 21.8 Å². The monoisotopic (exact) mass is 473 g/mol. The maximum atomic E-state index is 12.3. The third-order valence-electron chi connectivity index (χ3n) is 5.06. The summed E-state index contributed by atoms with van der Waals surface area (Å²) in [6.45, 7) is 4.61. The highest BCUT2D eigenvalue weighted by atomic mass is 32.2. The summed E-state index contributed by atoms with van der Waals surface area (Å²) < 4.78 is 23.0. The molecule has 0 spiro atoms. The number of fused-ring (bicyclic) bond motifs is 1. The first-order valence-corrected chi connectivity index (χ1v) is 13.9. The van der Waals surface area contributed by atoms with Crippen LogP contribution in [0.15, 0.2) is 18.2 Å². The van der Waals surface area contributed by atoms with Crippen molar-refractivity contribution in [3.05, 3.63) is 23.8 Å². The molecule has 1 heterocycles. The van der Waals surface area contributed by atoms with Crippen LogP contribution < -0.4 is 15.2 Å². The second-order valence-electron chi connectivity index (χ2n) is 7.78. The fourth-order valence-electron chi connectivity index (χ4n) is 3.09.